The molecular weight excluding hydrogens is 128 g/mol. The van der Waals surface area contributed by atoms with Crippen molar-refractivity contribution in [2.45, 2.75) is 6.92 Å². The van der Waals surface area contributed by atoms with Gasteiger partial charge in [0.1, 0.15) is 5.70 Å². The second-order valence-electron chi connectivity index (χ2n) is 1.94. The Labute approximate surface area is 59.2 Å². The summed E-state index contributed by atoms with van der Waals surface area (Å²) in [5.41, 5.74) is 0.498. The van der Waals surface area contributed by atoms with Crippen LogP contribution >= 0.6 is 0 Å². The number of hydrogen-bond donors (Lipinski definition) is 0. The quantitative estimate of drug-likeness (QED) is 0.520. The zero-order chi connectivity index (χ0) is 7.40. The van der Waals surface area contributed by atoms with Gasteiger partial charge in [-0.3, -0.25) is 14.8 Å². The van der Waals surface area contributed by atoms with Crippen molar-refractivity contribution in [3.8, 4) is 0 Å². The molecule has 0 bridgehead atoms. The van der Waals surface area contributed by atoms with Crippen LogP contribution in [0.25, 0.3) is 0 Å². The standard InChI is InChI=1S/C7H8N2O/c1-6(10)7-2-3-8-4-5-9-7/h2,4-5H,3H2,1H3. The van der Waals surface area contributed by atoms with E-state index in [4.69, 9.17) is 0 Å². The van der Waals surface area contributed by atoms with Crippen LogP contribution in [0, 0.1) is 0 Å². The van der Waals surface area contributed by atoms with E-state index in [0.717, 1.165) is 0 Å². The van der Waals surface area contributed by atoms with Gasteiger partial charge in [-0.05, 0) is 6.08 Å². The summed E-state index contributed by atoms with van der Waals surface area (Å²) in [6, 6.07) is 0. The summed E-state index contributed by atoms with van der Waals surface area (Å²) in [5.74, 6) is -0.0123. The fourth-order valence-corrected chi connectivity index (χ4v) is 0.648. The highest BCUT2D eigenvalue weighted by Crippen LogP contribution is 1.98. The maximum atomic E-state index is 10.7. The van der Waals surface area contributed by atoms with Crippen LogP contribution in [0.3, 0.4) is 0 Å². The minimum atomic E-state index is -0.0123. The van der Waals surface area contributed by atoms with Gasteiger partial charge in [-0.1, -0.05) is 0 Å². The van der Waals surface area contributed by atoms with Gasteiger partial charge in [-0.15, -0.1) is 0 Å². The fourth-order valence-electron chi connectivity index (χ4n) is 0.648. The van der Waals surface area contributed by atoms with Crippen molar-refractivity contribution in [3.63, 3.8) is 0 Å². The lowest BCUT2D eigenvalue weighted by Crippen LogP contribution is -1.93. The predicted octanol–water partition coefficient (Wildman–Crippen LogP) is 0.615. The van der Waals surface area contributed by atoms with Crippen molar-refractivity contribution in [1.29, 1.82) is 0 Å². The molecule has 52 valence electrons. The molecule has 0 aromatic heterocycles. The molecule has 0 N–H and O–H groups in total. The maximum Gasteiger partial charge on any atom is 0.177 e. The molecule has 3 heteroatoms. The Morgan fingerprint density at radius 2 is 2.40 bits per heavy atom. The minimum absolute atomic E-state index is 0.0123. The molecule has 1 aliphatic rings. The van der Waals surface area contributed by atoms with Gasteiger partial charge < -0.3 is 0 Å². The van der Waals surface area contributed by atoms with E-state index in [1.165, 1.54) is 13.1 Å². The molecule has 1 heterocycles. The fraction of sp³-hybridized carbons (Fsp3) is 0.286. The molecule has 10 heavy (non-hydrogen) atoms. The number of allylic oxidation sites excluding steroid dienone is 1. The van der Waals surface area contributed by atoms with E-state index in [0.29, 0.717) is 12.2 Å². The lowest BCUT2D eigenvalue weighted by molar-refractivity contribution is -0.113. The molecule has 0 atom stereocenters. The molecule has 0 saturated carbocycles. The molecule has 0 unspecified atom stereocenters. The van der Waals surface area contributed by atoms with Crippen molar-refractivity contribution < 1.29 is 4.79 Å². The first-order valence-electron chi connectivity index (χ1n) is 3.04. The lowest BCUT2D eigenvalue weighted by Gasteiger charge is -1.89. The highest BCUT2D eigenvalue weighted by molar-refractivity contribution is 6.17. The van der Waals surface area contributed by atoms with Gasteiger partial charge in [0.15, 0.2) is 5.78 Å². The molecule has 3 nitrogen and oxygen atoms in total. The largest absolute Gasteiger partial charge is 0.293 e. The molecule has 1 aliphatic heterocycles. The number of nitrogens with zero attached hydrogens (tertiary/aromatic N) is 2. The molecule has 0 saturated heterocycles. The van der Waals surface area contributed by atoms with E-state index >= 15 is 0 Å². The molecule has 0 spiro atoms. The molecule has 1 rings (SSSR count). The topological polar surface area (TPSA) is 41.8 Å². The summed E-state index contributed by atoms with van der Waals surface area (Å²) < 4.78 is 0. The Balaban J connectivity index is 2.78. The maximum absolute atomic E-state index is 10.7. The van der Waals surface area contributed by atoms with Crippen LogP contribution in [0.2, 0.25) is 0 Å². The number of hydrogen-bond acceptors (Lipinski definition) is 3. The first-order chi connectivity index (χ1) is 4.80. The number of Topliss-reactive ketones (excluding diaryl/α,β-unsaturated/α-hetero) is 1. The zero-order valence-corrected chi connectivity index (χ0v) is 5.74. The summed E-state index contributed by atoms with van der Waals surface area (Å²) in [6.45, 7) is 2.05. The second-order valence-corrected chi connectivity index (χ2v) is 1.94. The first-order valence-corrected chi connectivity index (χ1v) is 3.04. The molecule has 0 aliphatic carbocycles. The van der Waals surface area contributed by atoms with Crippen molar-refractivity contribution in [2.75, 3.05) is 6.54 Å². The van der Waals surface area contributed by atoms with E-state index in [-0.39, 0.29) is 5.78 Å². The molecule has 0 radical (unpaired) electrons. The third-order valence-electron chi connectivity index (χ3n) is 1.14. The van der Waals surface area contributed by atoms with E-state index in [2.05, 4.69) is 9.98 Å². The minimum Gasteiger partial charge on any atom is -0.293 e. The van der Waals surface area contributed by atoms with Gasteiger partial charge in [0.25, 0.3) is 0 Å². The van der Waals surface area contributed by atoms with Gasteiger partial charge in [-0.2, -0.15) is 0 Å². The molecule has 0 aromatic rings. The summed E-state index contributed by atoms with van der Waals surface area (Å²) in [7, 11) is 0. The van der Waals surface area contributed by atoms with Crippen molar-refractivity contribution in [1.82, 2.24) is 0 Å². The Hall–Kier alpha value is -1.25. The highest BCUT2D eigenvalue weighted by Gasteiger charge is 1.99. The van der Waals surface area contributed by atoms with Crippen molar-refractivity contribution in [2.24, 2.45) is 9.98 Å². The molecule has 0 aromatic carbocycles. The summed E-state index contributed by atoms with van der Waals surface area (Å²) in [4.78, 5) is 18.5. The zero-order valence-electron chi connectivity index (χ0n) is 5.74. The van der Waals surface area contributed by atoms with Crippen LogP contribution in [0.5, 0.6) is 0 Å². The van der Waals surface area contributed by atoms with Gasteiger partial charge >= 0.3 is 0 Å². The van der Waals surface area contributed by atoms with E-state index in [9.17, 15) is 4.79 Å². The summed E-state index contributed by atoms with van der Waals surface area (Å²) >= 11 is 0. The van der Waals surface area contributed by atoms with E-state index < -0.39 is 0 Å². The monoisotopic (exact) mass is 136 g/mol. The van der Waals surface area contributed by atoms with Crippen LogP contribution in [-0.2, 0) is 4.79 Å². The molecule has 0 amide bonds. The number of ketones is 1. The third-order valence-corrected chi connectivity index (χ3v) is 1.14. The number of rotatable bonds is 1. The second kappa shape index (κ2) is 3.06. The Bertz CT molecular complexity index is 226. The predicted molar refractivity (Wildman–Crippen MR) is 40.6 cm³/mol. The average molecular weight is 136 g/mol. The summed E-state index contributed by atoms with van der Waals surface area (Å²) in [6.07, 6.45) is 4.83. The SMILES string of the molecule is CC(=O)C1=CCN=CC=N1. The third kappa shape index (κ3) is 1.62. The average Bonchev–Trinajstić information content (AvgIpc) is 2.12. The van der Waals surface area contributed by atoms with Crippen LogP contribution in [0.15, 0.2) is 21.8 Å². The van der Waals surface area contributed by atoms with Gasteiger partial charge in [0.2, 0.25) is 0 Å². The molecular formula is C7H8N2O. The van der Waals surface area contributed by atoms with Gasteiger partial charge in [0.05, 0.1) is 6.54 Å². The van der Waals surface area contributed by atoms with Crippen LogP contribution in [-0.4, -0.2) is 24.8 Å². The van der Waals surface area contributed by atoms with Crippen LogP contribution in [0.4, 0.5) is 0 Å². The van der Waals surface area contributed by atoms with Gasteiger partial charge in [0, 0.05) is 19.4 Å². The normalized spacial score (nSPS) is 16.3. The number of aliphatic imine (C=N–C) groups is 2. The van der Waals surface area contributed by atoms with E-state index in [1.54, 1.807) is 12.3 Å². The Morgan fingerprint density at radius 1 is 1.60 bits per heavy atom. The van der Waals surface area contributed by atoms with Crippen LogP contribution < -0.4 is 0 Å². The summed E-state index contributed by atoms with van der Waals surface area (Å²) in [5, 5.41) is 0. The number of carbonyl (C=O) groups excluding carboxylic acids is 1. The molecule has 0 fully saturated rings. The Morgan fingerprint density at radius 3 is 3.10 bits per heavy atom. The van der Waals surface area contributed by atoms with Gasteiger partial charge in [-0.25, -0.2) is 0 Å². The Kier molecular flexibility index (Phi) is 2.10. The van der Waals surface area contributed by atoms with Crippen LogP contribution in [0.1, 0.15) is 6.92 Å². The number of carbonyl (C=O) groups is 1. The van der Waals surface area contributed by atoms with Crippen molar-refractivity contribution >= 4 is 18.2 Å². The lowest BCUT2D eigenvalue weighted by atomic mass is 10.3. The van der Waals surface area contributed by atoms with Crippen molar-refractivity contribution in [3.05, 3.63) is 11.8 Å². The smallest absolute Gasteiger partial charge is 0.177 e. The highest BCUT2D eigenvalue weighted by atomic mass is 16.1. The first kappa shape index (κ1) is 6.86. The van der Waals surface area contributed by atoms with E-state index in [1.807, 2.05) is 0 Å².